The number of hydrogen-bond donors (Lipinski definition) is 0. The number of sulfonamides is 1. The van der Waals surface area contributed by atoms with E-state index in [9.17, 15) is 18.5 Å². The lowest BCUT2D eigenvalue weighted by atomic mass is 10.2. The molecule has 0 N–H and O–H groups in total. The molecule has 0 aliphatic heterocycles. The fourth-order valence-electron chi connectivity index (χ4n) is 2.32. The Hall–Kier alpha value is -1.47. The van der Waals surface area contributed by atoms with Crippen molar-refractivity contribution < 1.29 is 13.3 Å². The molecule has 0 heterocycles. The van der Waals surface area contributed by atoms with Gasteiger partial charge in [-0.3, -0.25) is 10.1 Å². The van der Waals surface area contributed by atoms with Crippen LogP contribution in [0.4, 0.5) is 5.69 Å². The van der Waals surface area contributed by atoms with Crippen LogP contribution < -0.4 is 0 Å². The fraction of sp³-hybridized carbons (Fsp3) is 0.538. The van der Waals surface area contributed by atoms with Crippen molar-refractivity contribution in [1.29, 1.82) is 0 Å². The molecule has 1 aliphatic rings. The van der Waals surface area contributed by atoms with Gasteiger partial charge in [0.25, 0.3) is 5.69 Å². The summed E-state index contributed by atoms with van der Waals surface area (Å²) in [5.41, 5.74) is 0.329. The van der Waals surface area contributed by atoms with Crippen LogP contribution in [0.25, 0.3) is 0 Å². The Morgan fingerprint density at radius 2 is 1.95 bits per heavy atom. The molecule has 0 spiro atoms. The largest absolute Gasteiger partial charge is 0.270 e. The maximum absolute atomic E-state index is 12.8. The molecule has 0 bridgehead atoms. The van der Waals surface area contributed by atoms with Crippen LogP contribution in [0.3, 0.4) is 0 Å². The first kappa shape index (κ1) is 14.9. The van der Waals surface area contributed by atoms with Gasteiger partial charge in [0, 0.05) is 24.2 Å². The second kappa shape index (κ2) is 5.14. The van der Waals surface area contributed by atoms with E-state index in [1.807, 2.05) is 13.8 Å². The average Bonchev–Trinajstić information content (AvgIpc) is 3.12. The number of nitro groups is 1. The summed E-state index contributed by atoms with van der Waals surface area (Å²) in [5, 5.41) is 10.8. The molecule has 20 heavy (non-hydrogen) atoms. The lowest BCUT2D eigenvalue weighted by Gasteiger charge is -2.26. The van der Waals surface area contributed by atoms with Gasteiger partial charge in [0.05, 0.1) is 9.82 Å². The summed E-state index contributed by atoms with van der Waals surface area (Å²) in [5.74, 6) is 0. The summed E-state index contributed by atoms with van der Waals surface area (Å²) in [4.78, 5) is 10.3. The fourth-order valence-corrected chi connectivity index (χ4v) is 4.45. The third-order valence-corrected chi connectivity index (χ3v) is 5.62. The smallest absolute Gasteiger partial charge is 0.258 e. The van der Waals surface area contributed by atoms with E-state index in [4.69, 9.17) is 0 Å². The number of nitrogens with zero attached hydrogens (tertiary/aromatic N) is 2. The van der Waals surface area contributed by atoms with E-state index in [-0.39, 0.29) is 22.7 Å². The van der Waals surface area contributed by atoms with Gasteiger partial charge in [0.2, 0.25) is 10.0 Å². The van der Waals surface area contributed by atoms with Crippen molar-refractivity contribution in [2.75, 3.05) is 0 Å². The maximum atomic E-state index is 12.8. The minimum atomic E-state index is -3.69. The minimum absolute atomic E-state index is 0.0265. The highest BCUT2D eigenvalue weighted by Gasteiger charge is 2.40. The van der Waals surface area contributed by atoms with Gasteiger partial charge in [0.1, 0.15) is 0 Å². The Morgan fingerprint density at radius 1 is 1.35 bits per heavy atom. The number of benzene rings is 1. The van der Waals surface area contributed by atoms with E-state index in [2.05, 4.69) is 0 Å². The summed E-state index contributed by atoms with van der Waals surface area (Å²) < 4.78 is 27.0. The predicted molar refractivity (Wildman–Crippen MR) is 75.0 cm³/mol. The number of hydrogen-bond acceptors (Lipinski definition) is 4. The zero-order valence-corrected chi connectivity index (χ0v) is 12.6. The molecule has 2 rings (SSSR count). The van der Waals surface area contributed by atoms with E-state index < -0.39 is 14.9 Å². The molecule has 6 nitrogen and oxygen atoms in total. The molecular formula is C13H18N2O4S. The average molecular weight is 298 g/mol. The molecular weight excluding hydrogens is 280 g/mol. The topological polar surface area (TPSA) is 80.5 Å². The van der Waals surface area contributed by atoms with Crippen molar-refractivity contribution in [3.05, 3.63) is 33.9 Å². The highest BCUT2D eigenvalue weighted by molar-refractivity contribution is 7.89. The summed E-state index contributed by atoms with van der Waals surface area (Å²) in [6.45, 7) is 5.30. The predicted octanol–water partition coefficient (Wildman–Crippen LogP) is 2.46. The highest BCUT2D eigenvalue weighted by Crippen LogP contribution is 2.35. The van der Waals surface area contributed by atoms with Gasteiger partial charge in [-0.25, -0.2) is 8.42 Å². The van der Waals surface area contributed by atoms with Crippen LogP contribution in [0, 0.1) is 17.0 Å². The number of aryl methyl sites for hydroxylation is 1. The SMILES string of the molecule is Cc1ccc([N+](=O)[O-])cc1S(=O)(=O)N(C(C)C)C1CC1. The third kappa shape index (κ3) is 2.69. The normalized spacial score (nSPS) is 15.8. The lowest BCUT2D eigenvalue weighted by Crippen LogP contribution is -2.39. The van der Waals surface area contributed by atoms with Crippen molar-refractivity contribution in [2.24, 2.45) is 0 Å². The second-order valence-corrected chi connectivity index (χ2v) is 7.18. The first-order valence-corrected chi connectivity index (χ1v) is 7.97. The molecule has 7 heteroatoms. The van der Waals surface area contributed by atoms with Gasteiger partial charge in [-0.15, -0.1) is 0 Å². The Kier molecular flexibility index (Phi) is 3.84. The van der Waals surface area contributed by atoms with Crippen LogP contribution in [0.15, 0.2) is 23.1 Å². The number of nitro benzene ring substituents is 1. The van der Waals surface area contributed by atoms with E-state index in [0.29, 0.717) is 5.56 Å². The molecule has 0 saturated heterocycles. The quantitative estimate of drug-likeness (QED) is 0.617. The highest BCUT2D eigenvalue weighted by atomic mass is 32.2. The van der Waals surface area contributed by atoms with E-state index in [1.54, 1.807) is 6.92 Å². The molecule has 0 unspecified atom stereocenters. The molecule has 0 atom stereocenters. The van der Waals surface area contributed by atoms with Crippen LogP contribution in [0.5, 0.6) is 0 Å². The van der Waals surface area contributed by atoms with Crippen LogP contribution in [-0.2, 0) is 10.0 Å². The molecule has 1 fully saturated rings. The molecule has 1 aromatic rings. The van der Waals surface area contributed by atoms with Crippen LogP contribution in [-0.4, -0.2) is 29.7 Å². The lowest BCUT2D eigenvalue weighted by molar-refractivity contribution is -0.385. The van der Waals surface area contributed by atoms with E-state index in [0.717, 1.165) is 18.9 Å². The Bertz CT molecular complexity index is 634. The summed E-state index contributed by atoms with van der Waals surface area (Å²) in [6.07, 6.45) is 1.71. The van der Waals surface area contributed by atoms with Gasteiger partial charge in [-0.05, 0) is 39.2 Å². The van der Waals surface area contributed by atoms with Gasteiger partial charge < -0.3 is 0 Å². The Morgan fingerprint density at radius 3 is 2.40 bits per heavy atom. The minimum Gasteiger partial charge on any atom is -0.258 e. The summed E-state index contributed by atoms with van der Waals surface area (Å²) in [6, 6.07) is 3.83. The summed E-state index contributed by atoms with van der Waals surface area (Å²) >= 11 is 0. The van der Waals surface area contributed by atoms with Gasteiger partial charge in [0.15, 0.2) is 0 Å². The third-order valence-electron chi connectivity index (χ3n) is 3.35. The van der Waals surface area contributed by atoms with Crippen molar-refractivity contribution in [2.45, 2.75) is 50.6 Å². The summed E-state index contributed by atoms with van der Waals surface area (Å²) in [7, 11) is -3.69. The van der Waals surface area contributed by atoms with Crippen molar-refractivity contribution in [3.8, 4) is 0 Å². The zero-order valence-electron chi connectivity index (χ0n) is 11.7. The van der Waals surface area contributed by atoms with Crippen molar-refractivity contribution >= 4 is 15.7 Å². The first-order valence-electron chi connectivity index (χ1n) is 6.53. The second-order valence-electron chi connectivity index (χ2n) is 5.37. The molecule has 1 saturated carbocycles. The molecule has 0 amide bonds. The molecule has 1 aliphatic carbocycles. The van der Waals surface area contributed by atoms with E-state index in [1.165, 1.54) is 16.4 Å². The Labute approximate surface area is 118 Å². The van der Waals surface area contributed by atoms with Gasteiger partial charge >= 0.3 is 0 Å². The van der Waals surface area contributed by atoms with Crippen molar-refractivity contribution in [3.63, 3.8) is 0 Å². The van der Waals surface area contributed by atoms with Gasteiger partial charge in [-0.1, -0.05) is 6.07 Å². The molecule has 110 valence electrons. The molecule has 0 aromatic heterocycles. The van der Waals surface area contributed by atoms with E-state index >= 15 is 0 Å². The number of non-ortho nitro benzene ring substituents is 1. The van der Waals surface area contributed by atoms with Crippen molar-refractivity contribution in [1.82, 2.24) is 4.31 Å². The Balaban J connectivity index is 2.53. The van der Waals surface area contributed by atoms with Crippen LogP contribution in [0.1, 0.15) is 32.3 Å². The van der Waals surface area contributed by atoms with Gasteiger partial charge in [-0.2, -0.15) is 4.31 Å². The zero-order chi connectivity index (χ0) is 15.1. The first-order chi connectivity index (χ1) is 9.25. The molecule has 1 aromatic carbocycles. The monoisotopic (exact) mass is 298 g/mol. The number of rotatable bonds is 5. The maximum Gasteiger partial charge on any atom is 0.270 e. The van der Waals surface area contributed by atoms with Crippen LogP contribution in [0.2, 0.25) is 0 Å². The molecule has 0 radical (unpaired) electrons. The standard InChI is InChI=1S/C13H18N2O4S/c1-9(2)14(11-6-7-11)20(18,19)13-8-12(15(16)17)5-4-10(13)3/h4-5,8-9,11H,6-7H2,1-3H3. The van der Waals surface area contributed by atoms with Crippen LogP contribution >= 0.6 is 0 Å².